The van der Waals surface area contributed by atoms with Gasteiger partial charge < -0.3 is 10.5 Å². The van der Waals surface area contributed by atoms with Crippen LogP contribution in [0.15, 0.2) is 24.3 Å². The molecule has 2 rings (SSSR count). The fourth-order valence-corrected chi connectivity index (χ4v) is 1.96. The van der Waals surface area contributed by atoms with Crippen LogP contribution in [0.4, 0.5) is 0 Å². The number of fused-ring (bicyclic) bond motifs is 1. The summed E-state index contributed by atoms with van der Waals surface area (Å²) in [6.45, 7) is 2.93. The van der Waals surface area contributed by atoms with E-state index in [0.29, 0.717) is 12.0 Å². The normalized spacial score (nSPS) is 21.4. The van der Waals surface area contributed by atoms with Gasteiger partial charge in [0.25, 0.3) is 0 Å². The fraction of sp³-hybridized carbons (Fsp3) is 0.500. The maximum Gasteiger partial charge on any atom is 0.122 e. The van der Waals surface area contributed by atoms with Gasteiger partial charge in [-0.1, -0.05) is 25.1 Å². The van der Waals surface area contributed by atoms with Crippen molar-refractivity contribution in [2.75, 3.05) is 6.61 Å². The lowest BCUT2D eigenvalue weighted by Crippen LogP contribution is -2.22. The van der Waals surface area contributed by atoms with Crippen molar-refractivity contribution in [1.29, 1.82) is 0 Å². The number of para-hydroxylation sites is 1. The van der Waals surface area contributed by atoms with Crippen LogP contribution in [0.1, 0.15) is 31.2 Å². The monoisotopic (exact) mass is 191 g/mol. The average molecular weight is 191 g/mol. The van der Waals surface area contributed by atoms with Gasteiger partial charge >= 0.3 is 0 Å². The first-order valence-electron chi connectivity index (χ1n) is 5.28. The van der Waals surface area contributed by atoms with Gasteiger partial charge in [0.1, 0.15) is 5.75 Å². The highest BCUT2D eigenvalue weighted by Gasteiger charge is 2.24. The van der Waals surface area contributed by atoms with Crippen LogP contribution in [0.5, 0.6) is 5.75 Å². The van der Waals surface area contributed by atoms with Gasteiger partial charge in [-0.15, -0.1) is 0 Å². The molecule has 2 heteroatoms. The van der Waals surface area contributed by atoms with E-state index in [2.05, 4.69) is 19.1 Å². The summed E-state index contributed by atoms with van der Waals surface area (Å²) in [6, 6.07) is 8.57. The average Bonchev–Trinajstić information content (AvgIpc) is 2.62. The third-order valence-corrected chi connectivity index (χ3v) is 2.91. The van der Waals surface area contributed by atoms with Crippen LogP contribution < -0.4 is 10.5 Å². The van der Waals surface area contributed by atoms with Crippen molar-refractivity contribution in [2.24, 2.45) is 5.73 Å². The topological polar surface area (TPSA) is 35.2 Å². The van der Waals surface area contributed by atoms with Crippen molar-refractivity contribution in [3.63, 3.8) is 0 Å². The zero-order valence-corrected chi connectivity index (χ0v) is 8.57. The molecule has 0 saturated carbocycles. The minimum Gasteiger partial charge on any atom is -0.493 e. The quantitative estimate of drug-likeness (QED) is 0.795. The molecule has 2 atom stereocenters. The number of hydrogen-bond acceptors (Lipinski definition) is 2. The molecule has 0 aromatic heterocycles. The predicted octanol–water partition coefficient (Wildman–Crippen LogP) is 2.29. The SMILES string of the molecule is CCC(N)CC1COc2ccccc21. The van der Waals surface area contributed by atoms with Gasteiger partial charge in [-0.05, 0) is 18.9 Å². The van der Waals surface area contributed by atoms with Gasteiger partial charge in [-0.3, -0.25) is 0 Å². The third-order valence-electron chi connectivity index (χ3n) is 2.91. The predicted molar refractivity (Wildman–Crippen MR) is 57.6 cm³/mol. The Labute approximate surface area is 85.1 Å². The Morgan fingerprint density at radius 2 is 2.29 bits per heavy atom. The summed E-state index contributed by atoms with van der Waals surface area (Å²) < 4.78 is 5.60. The molecule has 0 spiro atoms. The first-order chi connectivity index (χ1) is 6.81. The molecule has 1 aromatic carbocycles. The molecule has 0 aliphatic carbocycles. The second-order valence-electron chi connectivity index (χ2n) is 3.95. The fourth-order valence-electron chi connectivity index (χ4n) is 1.96. The van der Waals surface area contributed by atoms with Crippen LogP contribution in [-0.4, -0.2) is 12.6 Å². The Hall–Kier alpha value is -1.02. The molecule has 1 aromatic rings. The summed E-state index contributed by atoms with van der Waals surface area (Å²) in [7, 11) is 0. The Kier molecular flexibility index (Phi) is 2.73. The molecule has 0 fully saturated rings. The Morgan fingerprint density at radius 3 is 3.07 bits per heavy atom. The molecule has 1 aliphatic rings. The molecule has 1 aliphatic heterocycles. The van der Waals surface area contributed by atoms with E-state index in [9.17, 15) is 0 Å². The largest absolute Gasteiger partial charge is 0.493 e. The number of hydrogen-bond donors (Lipinski definition) is 1. The minimum absolute atomic E-state index is 0.301. The second kappa shape index (κ2) is 4.01. The molecule has 14 heavy (non-hydrogen) atoms. The molecule has 2 N–H and O–H groups in total. The molecule has 76 valence electrons. The molecule has 2 unspecified atom stereocenters. The lowest BCUT2D eigenvalue weighted by atomic mass is 9.93. The highest BCUT2D eigenvalue weighted by atomic mass is 16.5. The van der Waals surface area contributed by atoms with Crippen LogP contribution in [0, 0.1) is 0 Å². The molecule has 0 amide bonds. The van der Waals surface area contributed by atoms with Gasteiger partial charge in [-0.25, -0.2) is 0 Å². The van der Waals surface area contributed by atoms with E-state index in [-0.39, 0.29) is 0 Å². The van der Waals surface area contributed by atoms with E-state index in [0.717, 1.165) is 25.2 Å². The Balaban J connectivity index is 2.10. The minimum atomic E-state index is 0.301. The molecular weight excluding hydrogens is 174 g/mol. The van der Waals surface area contributed by atoms with Gasteiger partial charge in [-0.2, -0.15) is 0 Å². The standard InChI is InChI=1S/C12H17NO/c1-2-10(13)7-9-8-14-12-6-4-3-5-11(9)12/h3-6,9-10H,2,7-8,13H2,1H3. The summed E-state index contributed by atoms with van der Waals surface area (Å²) in [5, 5.41) is 0. The number of benzene rings is 1. The Morgan fingerprint density at radius 1 is 1.50 bits per heavy atom. The number of rotatable bonds is 3. The highest BCUT2D eigenvalue weighted by molar-refractivity contribution is 5.39. The molecule has 0 bridgehead atoms. The highest BCUT2D eigenvalue weighted by Crippen LogP contribution is 2.35. The Bertz CT molecular complexity index is 311. The zero-order valence-electron chi connectivity index (χ0n) is 8.57. The van der Waals surface area contributed by atoms with Crippen LogP contribution in [0.2, 0.25) is 0 Å². The van der Waals surface area contributed by atoms with Gasteiger partial charge in [0, 0.05) is 17.5 Å². The van der Waals surface area contributed by atoms with Crippen molar-refractivity contribution in [2.45, 2.75) is 31.7 Å². The summed E-state index contributed by atoms with van der Waals surface area (Å²) in [4.78, 5) is 0. The summed E-state index contributed by atoms with van der Waals surface area (Å²) >= 11 is 0. The van der Waals surface area contributed by atoms with Gasteiger partial charge in [0.15, 0.2) is 0 Å². The van der Waals surface area contributed by atoms with Crippen LogP contribution in [0.25, 0.3) is 0 Å². The van der Waals surface area contributed by atoms with E-state index in [4.69, 9.17) is 10.5 Å². The second-order valence-corrected chi connectivity index (χ2v) is 3.95. The number of nitrogens with two attached hydrogens (primary N) is 1. The van der Waals surface area contributed by atoms with Crippen molar-refractivity contribution >= 4 is 0 Å². The lowest BCUT2D eigenvalue weighted by molar-refractivity contribution is 0.317. The van der Waals surface area contributed by atoms with Crippen molar-refractivity contribution in [1.82, 2.24) is 0 Å². The maximum absolute atomic E-state index is 5.95. The maximum atomic E-state index is 5.95. The lowest BCUT2D eigenvalue weighted by Gasteiger charge is -2.13. The molecule has 0 saturated heterocycles. The van der Waals surface area contributed by atoms with Gasteiger partial charge in [0.2, 0.25) is 0 Å². The summed E-state index contributed by atoms with van der Waals surface area (Å²) in [6.07, 6.45) is 2.08. The van der Waals surface area contributed by atoms with Crippen LogP contribution in [0.3, 0.4) is 0 Å². The molecule has 2 nitrogen and oxygen atoms in total. The molecular formula is C12H17NO. The van der Waals surface area contributed by atoms with Gasteiger partial charge in [0.05, 0.1) is 6.61 Å². The van der Waals surface area contributed by atoms with Crippen LogP contribution in [-0.2, 0) is 0 Å². The molecule has 0 radical (unpaired) electrons. The number of ether oxygens (including phenoxy) is 1. The van der Waals surface area contributed by atoms with Crippen molar-refractivity contribution in [3.05, 3.63) is 29.8 Å². The van der Waals surface area contributed by atoms with E-state index in [1.807, 2.05) is 12.1 Å². The van der Waals surface area contributed by atoms with Crippen LogP contribution >= 0.6 is 0 Å². The zero-order chi connectivity index (χ0) is 9.97. The smallest absolute Gasteiger partial charge is 0.122 e. The van der Waals surface area contributed by atoms with E-state index in [1.54, 1.807) is 0 Å². The summed E-state index contributed by atoms with van der Waals surface area (Å²) in [5.41, 5.74) is 7.28. The van der Waals surface area contributed by atoms with E-state index < -0.39 is 0 Å². The van der Waals surface area contributed by atoms with Crippen molar-refractivity contribution < 1.29 is 4.74 Å². The first kappa shape index (κ1) is 9.53. The van der Waals surface area contributed by atoms with Crippen molar-refractivity contribution in [3.8, 4) is 5.75 Å². The van der Waals surface area contributed by atoms with E-state index >= 15 is 0 Å². The summed E-state index contributed by atoms with van der Waals surface area (Å²) in [5.74, 6) is 1.54. The first-order valence-corrected chi connectivity index (χ1v) is 5.28. The van der Waals surface area contributed by atoms with E-state index in [1.165, 1.54) is 5.56 Å². The molecule has 1 heterocycles. The third kappa shape index (κ3) is 1.75.